The van der Waals surface area contributed by atoms with Crippen LogP contribution in [0.25, 0.3) is 0 Å². The Morgan fingerprint density at radius 1 is 1.29 bits per heavy atom. The molecule has 1 saturated carbocycles. The second-order valence-corrected chi connectivity index (χ2v) is 4.25. The van der Waals surface area contributed by atoms with Crippen LogP contribution in [0.2, 0.25) is 0 Å². The van der Waals surface area contributed by atoms with Crippen molar-refractivity contribution in [3.05, 3.63) is 29.3 Å². The van der Waals surface area contributed by atoms with Crippen LogP contribution in [0.4, 0.5) is 0 Å². The first-order valence-corrected chi connectivity index (χ1v) is 5.09. The van der Waals surface area contributed by atoms with E-state index in [0.717, 1.165) is 18.6 Å². The van der Waals surface area contributed by atoms with Crippen molar-refractivity contribution in [2.75, 3.05) is 7.11 Å². The third-order valence-electron chi connectivity index (χ3n) is 3.11. The fraction of sp³-hybridized carbons (Fsp3) is 0.500. The average molecular weight is 191 g/mol. The van der Waals surface area contributed by atoms with Gasteiger partial charge in [-0.15, -0.1) is 0 Å². The van der Waals surface area contributed by atoms with Gasteiger partial charge in [-0.3, -0.25) is 0 Å². The quantitative estimate of drug-likeness (QED) is 0.778. The summed E-state index contributed by atoms with van der Waals surface area (Å²) < 4.78 is 5.24. The molecule has 1 fully saturated rings. The molecule has 2 nitrogen and oxygen atoms in total. The van der Waals surface area contributed by atoms with Crippen LogP contribution < -0.4 is 10.5 Å². The molecule has 0 aromatic heterocycles. The summed E-state index contributed by atoms with van der Waals surface area (Å²) in [4.78, 5) is 0. The van der Waals surface area contributed by atoms with Gasteiger partial charge in [0.2, 0.25) is 0 Å². The lowest BCUT2D eigenvalue weighted by molar-refractivity contribution is 0.252. The average Bonchev–Trinajstić information content (AvgIpc) is 2.13. The summed E-state index contributed by atoms with van der Waals surface area (Å²) >= 11 is 0. The fourth-order valence-corrected chi connectivity index (χ4v) is 2.00. The van der Waals surface area contributed by atoms with E-state index < -0.39 is 0 Å². The third kappa shape index (κ3) is 1.50. The van der Waals surface area contributed by atoms with Gasteiger partial charge in [-0.2, -0.15) is 0 Å². The van der Waals surface area contributed by atoms with Crippen molar-refractivity contribution in [1.29, 1.82) is 0 Å². The van der Waals surface area contributed by atoms with E-state index in [9.17, 15) is 0 Å². The Morgan fingerprint density at radius 3 is 2.50 bits per heavy atom. The van der Waals surface area contributed by atoms with Gasteiger partial charge < -0.3 is 10.5 Å². The summed E-state index contributed by atoms with van der Waals surface area (Å²) in [5.74, 6) is 0.914. The molecule has 76 valence electrons. The van der Waals surface area contributed by atoms with Gasteiger partial charge in [0.15, 0.2) is 0 Å². The summed E-state index contributed by atoms with van der Waals surface area (Å²) in [7, 11) is 1.70. The summed E-state index contributed by atoms with van der Waals surface area (Å²) in [5, 5.41) is 0. The van der Waals surface area contributed by atoms with Crippen molar-refractivity contribution in [3.63, 3.8) is 0 Å². The molecule has 2 heteroatoms. The highest BCUT2D eigenvalue weighted by atomic mass is 16.5. The maximum atomic E-state index is 6.26. The highest BCUT2D eigenvalue weighted by molar-refractivity contribution is 5.38. The lowest BCUT2D eigenvalue weighted by Gasteiger charge is -2.39. The summed E-state index contributed by atoms with van der Waals surface area (Å²) in [5.41, 5.74) is 8.62. The predicted molar refractivity (Wildman–Crippen MR) is 57.4 cm³/mol. The van der Waals surface area contributed by atoms with Crippen molar-refractivity contribution < 1.29 is 4.74 Å². The number of ether oxygens (including phenoxy) is 1. The van der Waals surface area contributed by atoms with Crippen LogP contribution in [0, 0.1) is 6.92 Å². The van der Waals surface area contributed by atoms with E-state index in [0.29, 0.717) is 0 Å². The van der Waals surface area contributed by atoms with E-state index in [-0.39, 0.29) is 5.54 Å². The fourth-order valence-electron chi connectivity index (χ4n) is 2.00. The van der Waals surface area contributed by atoms with E-state index >= 15 is 0 Å². The van der Waals surface area contributed by atoms with Gasteiger partial charge in [-0.05, 0) is 49.4 Å². The normalized spacial score (nSPS) is 18.8. The topological polar surface area (TPSA) is 35.2 Å². The van der Waals surface area contributed by atoms with E-state index in [1.165, 1.54) is 17.5 Å². The van der Waals surface area contributed by atoms with E-state index in [1.807, 2.05) is 6.07 Å². The van der Waals surface area contributed by atoms with Gasteiger partial charge in [0.25, 0.3) is 0 Å². The van der Waals surface area contributed by atoms with Gasteiger partial charge in [0.1, 0.15) is 5.75 Å². The van der Waals surface area contributed by atoms with Crippen molar-refractivity contribution >= 4 is 0 Å². The molecule has 0 saturated heterocycles. The van der Waals surface area contributed by atoms with Gasteiger partial charge in [-0.25, -0.2) is 0 Å². The first kappa shape index (κ1) is 9.53. The molecule has 2 rings (SSSR count). The Balaban J connectivity index is 2.37. The van der Waals surface area contributed by atoms with E-state index in [1.54, 1.807) is 7.11 Å². The first-order chi connectivity index (χ1) is 6.64. The molecule has 0 spiro atoms. The zero-order valence-electron chi connectivity index (χ0n) is 8.84. The number of aryl methyl sites for hydroxylation is 1. The molecule has 0 heterocycles. The number of methoxy groups -OCH3 is 1. The summed E-state index contributed by atoms with van der Waals surface area (Å²) in [6.45, 7) is 2.08. The molecule has 1 aliphatic rings. The first-order valence-electron chi connectivity index (χ1n) is 5.09. The maximum absolute atomic E-state index is 6.26. The van der Waals surface area contributed by atoms with Gasteiger partial charge in [0, 0.05) is 5.54 Å². The zero-order chi connectivity index (χ0) is 10.2. The van der Waals surface area contributed by atoms with Crippen LogP contribution in [0.3, 0.4) is 0 Å². The van der Waals surface area contributed by atoms with E-state index in [2.05, 4.69) is 19.1 Å². The molecule has 1 aromatic rings. The van der Waals surface area contributed by atoms with Crippen LogP contribution in [0.15, 0.2) is 18.2 Å². The lowest BCUT2D eigenvalue weighted by Crippen LogP contribution is -2.43. The Hall–Kier alpha value is -1.02. The highest BCUT2D eigenvalue weighted by Crippen LogP contribution is 2.40. The maximum Gasteiger partial charge on any atom is 0.119 e. The number of rotatable bonds is 2. The number of nitrogens with two attached hydrogens (primary N) is 1. The van der Waals surface area contributed by atoms with Crippen molar-refractivity contribution in [3.8, 4) is 5.75 Å². The van der Waals surface area contributed by atoms with E-state index in [4.69, 9.17) is 10.5 Å². The van der Waals surface area contributed by atoms with Gasteiger partial charge >= 0.3 is 0 Å². The summed E-state index contributed by atoms with van der Waals surface area (Å²) in [6.07, 6.45) is 3.44. The van der Waals surface area contributed by atoms with Crippen LogP contribution in [-0.4, -0.2) is 7.11 Å². The third-order valence-corrected chi connectivity index (χ3v) is 3.11. The standard InChI is InChI=1S/C12H17NO/c1-9-6-10(8-11(7-9)14-2)12(13)4-3-5-12/h6-8H,3-5,13H2,1-2H3. The Kier molecular flexibility index (Phi) is 2.23. The van der Waals surface area contributed by atoms with Gasteiger partial charge in [0.05, 0.1) is 7.11 Å². The smallest absolute Gasteiger partial charge is 0.119 e. The van der Waals surface area contributed by atoms with Crippen LogP contribution >= 0.6 is 0 Å². The largest absolute Gasteiger partial charge is 0.497 e. The minimum Gasteiger partial charge on any atom is -0.497 e. The molecular formula is C12H17NO. The number of hydrogen-bond donors (Lipinski definition) is 1. The molecule has 0 unspecified atom stereocenters. The lowest BCUT2D eigenvalue weighted by atomic mass is 9.72. The molecule has 0 amide bonds. The van der Waals surface area contributed by atoms with Crippen LogP contribution in [-0.2, 0) is 5.54 Å². The minimum atomic E-state index is -0.0840. The Labute approximate surface area is 85.1 Å². The molecule has 1 aromatic carbocycles. The monoisotopic (exact) mass is 191 g/mol. The number of benzene rings is 1. The molecule has 14 heavy (non-hydrogen) atoms. The minimum absolute atomic E-state index is 0.0840. The molecule has 0 atom stereocenters. The van der Waals surface area contributed by atoms with Crippen LogP contribution in [0.1, 0.15) is 30.4 Å². The Bertz CT molecular complexity index is 342. The SMILES string of the molecule is COc1cc(C)cc(C2(N)CCC2)c1. The second-order valence-electron chi connectivity index (χ2n) is 4.25. The van der Waals surface area contributed by atoms with Gasteiger partial charge in [-0.1, -0.05) is 6.07 Å². The van der Waals surface area contributed by atoms with Crippen molar-refractivity contribution in [2.45, 2.75) is 31.7 Å². The molecular weight excluding hydrogens is 174 g/mol. The highest BCUT2D eigenvalue weighted by Gasteiger charge is 2.34. The summed E-state index contributed by atoms with van der Waals surface area (Å²) in [6, 6.07) is 6.26. The predicted octanol–water partition coefficient (Wildman–Crippen LogP) is 2.34. The molecule has 0 radical (unpaired) electrons. The molecule has 0 aliphatic heterocycles. The molecule has 0 bridgehead atoms. The molecule has 1 aliphatic carbocycles. The Morgan fingerprint density at radius 2 is 2.00 bits per heavy atom. The number of hydrogen-bond acceptors (Lipinski definition) is 2. The zero-order valence-corrected chi connectivity index (χ0v) is 8.84. The second kappa shape index (κ2) is 3.28. The molecule has 2 N–H and O–H groups in total. The van der Waals surface area contributed by atoms with Crippen molar-refractivity contribution in [1.82, 2.24) is 0 Å². The van der Waals surface area contributed by atoms with Crippen LogP contribution in [0.5, 0.6) is 5.75 Å². The van der Waals surface area contributed by atoms with Crippen molar-refractivity contribution in [2.24, 2.45) is 5.73 Å².